The monoisotopic (exact) mass is 456 g/mol. The van der Waals surface area contributed by atoms with Gasteiger partial charge in [-0.2, -0.15) is 0 Å². The normalized spacial score (nSPS) is 10.6. The van der Waals surface area contributed by atoms with Gasteiger partial charge < -0.3 is 23.7 Å². The molecule has 0 saturated carbocycles. The molecule has 178 valence electrons. The van der Waals surface area contributed by atoms with E-state index in [2.05, 4.69) is 6.58 Å². The molecule has 0 atom stereocenters. The molecule has 0 aromatic heterocycles. The van der Waals surface area contributed by atoms with Crippen LogP contribution in [0.4, 0.5) is 0 Å². The molecule has 33 heavy (non-hydrogen) atoms. The van der Waals surface area contributed by atoms with E-state index in [1.165, 1.54) is 0 Å². The summed E-state index contributed by atoms with van der Waals surface area (Å²) in [4.78, 5) is 23.6. The molecule has 0 spiro atoms. The van der Waals surface area contributed by atoms with Gasteiger partial charge >= 0.3 is 5.97 Å². The molecule has 2 rings (SSSR count). The Balaban J connectivity index is 1.58. The average Bonchev–Trinajstić information content (AvgIpc) is 2.83. The van der Waals surface area contributed by atoms with Crippen LogP contribution in [-0.4, -0.2) is 64.6 Å². The summed E-state index contributed by atoms with van der Waals surface area (Å²) in [5.41, 5.74) is 3.13. The van der Waals surface area contributed by atoms with Crippen LogP contribution in [0.3, 0.4) is 0 Å². The van der Waals surface area contributed by atoms with Gasteiger partial charge in [0.05, 0.1) is 39.6 Å². The first-order valence-electron chi connectivity index (χ1n) is 10.9. The molecule has 0 heterocycles. The smallest absolute Gasteiger partial charge is 0.330 e. The highest BCUT2D eigenvalue weighted by Crippen LogP contribution is 2.24. The van der Waals surface area contributed by atoms with Crippen molar-refractivity contribution in [2.45, 2.75) is 13.8 Å². The largest absolute Gasteiger partial charge is 0.491 e. The van der Waals surface area contributed by atoms with Crippen LogP contribution in [0.25, 0.3) is 0 Å². The quantitative estimate of drug-likeness (QED) is 0.165. The summed E-state index contributed by atoms with van der Waals surface area (Å²) < 4.78 is 26.8. The summed E-state index contributed by atoms with van der Waals surface area (Å²) in [6.45, 7) is 10.2. The van der Waals surface area contributed by atoms with Crippen molar-refractivity contribution in [3.63, 3.8) is 0 Å². The Hall–Kier alpha value is -3.00. The lowest BCUT2D eigenvalue weighted by molar-refractivity contribution is -0.139. The summed E-state index contributed by atoms with van der Waals surface area (Å²) in [6.07, 6.45) is 1.11. The fourth-order valence-corrected chi connectivity index (χ4v) is 2.95. The first-order valence-corrected chi connectivity index (χ1v) is 10.9. The molecule has 0 aliphatic rings. The van der Waals surface area contributed by atoms with Crippen molar-refractivity contribution in [1.29, 1.82) is 0 Å². The molecule has 2 aromatic rings. The Morgan fingerprint density at radius 1 is 0.788 bits per heavy atom. The minimum Gasteiger partial charge on any atom is -0.491 e. The molecule has 0 N–H and O–H groups in total. The van der Waals surface area contributed by atoms with Crippen molar-refractivity contribution < 1.29 is 33.3 Å². The fraction of sp³-hybridized carbons (Fsp3) is 0.385. The van der Waals surface area contributed by atoms with Gasteiger partial charge in [0.2, 0.25) is 0 Å². The van der Waals surface area contributed by atoms with Gasteiger partial charge in [0.25, 0.3) is 0 Å². The van der Waals surface area contributed by atoms with Crippen molar-refractivity contribution in [3.8, 4) is 5.75 Å². The topological polar surface area (TPSA) is 80.3 Å². The summed E-state index contributed by atoms with van der Waals surface area (Å²) >= 11 is 0. The van der Waals surface area contributed by atoms with Crippen LogP contribution in [0.1, 0.15) is 27.0 Å². The Bertz CT molecular complexity index is 893. The number of benzene rings is 2. The van der Waals surface area contributed by atoms with Gasteiger partial charge in [0.15, 0.2) is 5.78 Å². The Morgan fingerprint density at radius 2 is 1.36 bits per heavy atom. The number of esters is 1. The maximum atomic E-state index is 12.7. The number of ketones is 1. The van der Waals surface area contributed by atoms with Crippen molar-refractivity contribution in [3.05, 3.63) is 77.4 Å². The zero-order valence-electron chi connectivity index (χ0n) is 19.3. The van der Waals surface area contributed by atoms with E-state index in [-0.39, 0.29) is 12.4 Å². The van der Waals surface area contributed by atoms with Gasteiger partial charge in [-0.1, -0.05) is 36.9 Å². The van der Waals surface area contributed by atoms with E-state index in [9.17, 15) is 9.59 Å². The zero-order chi connectivity index (χ0) is 23.9. The molecule has 0 radical (unpaired) electrons. The molecule has 0 aliphatic carbocycles. The minimum absolute atomic E-state index is 0.00705. The van der Waals surface area contributed by atoms with Crippen LogP contribution < -0.4 is 4.74 Å². The van der Waals surface area contributed by atoms with E-state index in [0.717, 1.165) is 23.0 Å². The molecule has 7 heteroatoms. The van der Waals surface area contributed by atoms with Crippen LogP contribution in [0.5, 0.6) is 5.75 Å². The number of carbonyl (C=O) groups is 2. The second-order valence-electron chi connectivity index (χ2n) is 7.18. The lowest BCUT2D eigenvalue weighted by Crippen LogP contribution is -2.14. The van der Waals surface area contributed by atoms with E-state index < -0.39 is 5.97 Å². The first kappa shape index (κ1) is 26.3. The average molecular weight is 457 g/mol. The van der Waals surface area contributed by atoms with Gasteiger partial charge in [0.1, 0.15) is 19.0 Å². The first-order chi connectivity index (χ1) is 16.0. The van der Waals surface area contributed by atoms with Crippen molar-refractivity contribution in [2.24, 2.45) is 0 Å². The highest BCUT2D eigenvalue weighted by molar-refractivity contribution is 6.10. The number of rotatable bonds is 16. The highest BCUT2D eigenvalue weighted by Gasteiger charge is 2.14. The Morgan fingerprint density at radius 3 is 1.97 bits per heavy atom. The third kappa shape index (κ3) is 9.57. The highest BCUT2D eigenvalue weighted by atomic mass is 16.6. The molecule has 2 aromatic carbocycles. The Kier molecular flexibility index (Phi) is 11.9. The third-order valence-electron chi connectivity index (χ3n) is 4.67. The number of hydrogen-bond acceptors (Lipinski definition) is 7. The number of hydrogen-bond donors (Lipinski definition) is 0. The maximum Gasteiger partial charge on any atom is 0.330 e. The summed E-state index contributed by atoms with van der Waals surface area (Å²) in [7, 11) is 0. The zero-order valence-corrected chi connectivity index (χ0v) is 19.3. The van der Waals surface area contributed by atoms with Crippen LogP contribution in [0.2, 0.25) is 0 Å². The van der Waals surface area contributed by atoms with Gasteiger partial charge in [-0.3, -0.25) is 4.79 Å². The maximum absolute atomic E-state index is 12.7. The standard InChI is InChI=1S/C26H32O7/c1-4-25(27)33-17-15-31-13-11-29-10-12-30-14-16-32-24-19-20(2)23(18-21(24)3)26(28)22-8-6-5-7-9-22/h4-9,18-19H,1,10-17H2,2-3H3. The van der Waals surface area contributed by atoms with Crippen molar-refractivity contribution >= 4 is 11.8 Å². The predicted octanol–water partition coefficient (Wildman–Crippen LogP) is 3.69. The lowest BCUT2D eigenvalue weighted by atomic mass is 9.97. The van der Waals surface area contributed by atoms with Crippen molar-refractivity contribution in [2.75, 3.05) is 52.9 Å². The summed E-state index contributed by atoms with van der Waals surface area (Å²) in [6, 6.07) is 13.0. The SMILES string of the molecule is C=CC(=O)OCCOCCOCCOCCOc1cc(C)c(C(=O)c2ccccc2)cc1C. The third-order valence-corrected chi connectivity index (χ3v) is 4.67. The van der Waals surface area contributed by atoms with Crippen LogP contribution in [0, 0.1) is 13.8 Å². The summed E-state index contributed by atoms with van der Waals surface area (Å²) in [5, 5.41) is 0. The van der Waals surface area contributed by atoms with E-state index >= 15 is 0 Å². The van der Waals surface area contributed by atoms with E-state index in [1.54, 1.807) is 0 Å². The lowest BCUT2D eigenvalue weighted by Gasteiger charge is -2.13. The number of aryl methyl sites for hydroxylation is 2. The van der Waals surface area contributed by atoms with E-state index in [4.69, 9.17) is 23.7 Å². The summed E-state index contributed by atoms with van der Waals surface area (Å²) in [5.74, 6) is 0.289. The van der Waals surface area contributed by atoms with Crippen LogP contribution in [-0.2, 0) is 23.7 Å². The molecule has 0 saturated heterocycles. The minimum atomic E-state index is -0.462. The number of ether oxygens (including phenoxy) is 5. The van der Waals surface area contributed by atoms with Gasteiger partial charge in [-0.25, -0.2) is 4.79 Å². The molecule has 0 bridgehead atoms. The van der Waals surface area contributed by atoms with Gasteiger partial charge in [-0.05, 0) is 37.1 Å². The predicted molar refractivity (Wildman–Crippen MR) is 125 cm³/mol. The van der Waals surface area contributed by atoms with Crippen molar-refractivity contribution in [1.82, 2.24) is 0 Å². The second kappa shape index (κ2) is 14.9. The fourth-order valence-electron chi connectivity index (χ4n) is 2.95. The van der Waals surface area contributed by atoms with Gasteiger partial charge in [0, 0.05) is 17.2 Å². The van der Waals surface area contributed by atoms with Gasteiger partial charge in [-0.15, -0.1) is 0 Å². The molecular formula is C26H32O7. The Labute approximate surface area is 195 Å². The van der Waals surface area contributed by atoms with Crippen LogP contribution >= 0.6 is 0 Å². The molecule has 7 nitrogen and oxygen atoms in total. The number of carbonyl (C=O) groups excluding carboxylic acids is 2. The molecule has 0 unspecified atom stereocenters. The van der Waals surface area contributed by atoms with Crippen LogP contribution in [0.15, 0.2) is 55.1 Å². The molecule has 0 amide bonds. The second-order valence-corrected chi connectivity index (χ2v) is 7.18. The molecule has 0 fully saturated rings. The van der Waals surface area contributed by atoms with E-state index in [0.29, 0.717) is 57.4 Å². The molecular weight excluding hydrogens is 424 g/mol. The van der Waals surface area contributed by atoms with E-state index in [1.807, 2.05) is 56.3 Å². The molecule has 0 aliphatic heterocycles.